The number of hydrogen-bond acceptors (Lipinski definition) is 1. The first kappa shape index (κ1) is 6.49. The van der Waals surface area contributed by atoms with Gasteiger partial charge in [0.05, 0.1) is 16.9 Å². The van der Waals surface area contributed by atoms with Gasteiger partial charge >= 0.3 is 0 Å². The average Bonchev–Trinajstić information content (AvgIpc) is 2.92. The number of H-pyrrole nitrogens is 1. The first-order chi connectivity index (χ1) is 6.93. The minimum absolute atomic E-state index is 1.21. The van der Waals surface area contributed by atoms with Crippen molar-refractivity contribution in [1.82, 2.24) is 4.98 Å². The van der Waals surface area contributed by atoms with Crippen LogP contribution in [-0.2, 0) is 0 Å². The standard InChI is InChI=1S/C12H8N2/c1-2-4-9-7(3-1)8-5-6-10-12(14-10)11(8)13-9/h1-6,13-14H. The zero-order chi connectivity index (χ0) is 9.12. The zero-order valence-electron chi connectivity index (χ0n) is 7.46. The van der Waals surface area contributed by atoms with Gasteiger partial charge in [0, 0.05) is 16.3 Å². The molecule has 0 saturated carbocycles. The van der Waals surface area contributed by atoms with Crippen LogP contribution in [0.5, 0.6) is 0 Å². The lowest BCUT2D eigenvalue weighted by atomic mass is 10.2. The van der Waals surface area contributed by atoms with E-state index >= 15 is 0 Å². The highest BCUT2D eigenvalue weighted by Gasteiger charge is 2.20. The number of para-hydroxylation sites is 1. The summed E-state index contributed by atoms with van der Waals surface area (Å²) in [5.41, 5.74) is 4.97. The molecule has 0 saturated heterocycles. The van der Waals surface area contributed by atoms with Gasteiger partial charge in [-0.3, -0.25) is 0 Å². The molecule has 0 fully saturated rings. The van der Waals surface area contributed by atoms with E-state index < -0.39 is 0 Å². The van der Waals surface area contributed by atoms with Crippen molar-refractivity contribution >= 4 is 33.2 Å². The maximum absolute atomic E-state index is 3.44. The van der Waals surface area contributed by atoms with Crippen LogP contribution >= 0.6 is 0 Å². The van der Waals surface area contributed by atoms with E-state index in [-0.39, 0.29) is 0 Å². The summed E-state index contributed by atoms with van der Waals surface area (Å²) in [5, 5.41) is 5.88. The van der Waals surface area contributed by atoms with Crippen molar-refractivity contribution in [3.63, 3.8) is 0 Å². The molecule has 0 amide bonds. The van der Waals surface area contributed by atoms with Crippen LogP contribution in [0, 0.1) is 0 Å². The normalized spacial score (nSPS) is 12.9. The summed E-state index contributed by atoms with van der Waals surface area (Å²) in [6, 6.07) is 12.7. The van der Waals surface area contributed by atoms with Crippen LogP contribution in [0.4, 0.5) is 11.4 Å². The lowest BCUT2D eigenvalue weighted by Gasteiger charge is -1.86. The second kappa shape index (κ2) is 1.93. The number of fused-ring (bicyclic) bond motifs is 5. The van der Waals surface area contributed by atoms with E-state index in [9.17, 15) is 0 Å². The lowest BCUT2D eigenvalue weighted by molar-refractivity contribution is 1.56. The molecule has 14 heavy (non-hydrogen) atoms. The Hall–Kier alpha value is -1.96. The third-order valence-electron chi connectivity index (χ3n) is 2.88. The van der Waals surface area contributed by atoms with Crippen molar-refractivity contribution < 1.29 is 0 Å². The van der Waals surface area contributed by atoms with Crippen molar-refractivity contribution in [3.05, 3.63) is 36.4 Å². The van der Waals surface area contributed by atoms with Crippen molar-refractivity contribution in [2.45, 2.75) is 0 Å². The van der Waals surface area contributed by atoms with Crippen molar-refractivity contribution in [2.75, 3.05) is 5.32 Å². The summed E-state index contributed by atoms with van der Waals surface area (Å²) in [7, 11) is 0. The van der Waals surface area contributed by atoms with Crippen LogP contribution in [0.1, 0.15) is 0 Å². The van der Waals surface area contributed by atoms with E-state index in [0.717, 1.165) is 0 Å². The Morgan fingerprint density at radius 3 is 2.79 bits per heavy atom. The summed E-state index contributed by atoms with van der Waals surface area (Å²) in [4.78, 5) is 3.44. The summed E-state index contributed by atoms with van der Waals surface area (Å²) in [5.74, 6) is 0. The van der Waals surface area contributed by atoms with Gasteiger partial charge in [-0.1, -0.05) is 18.2 Å². The van der Waals surface area contributed by atoms with E-state index in [1.54, 1.807) is 0 Å². The van der Waals surface area contributed by atoms with E-state index in [4.69, 9.17) is 0 Å². The van der Waals surface area contributed by atoms with Gasteiger partial charge in [0.25, 0.3) is 0 Å². The molecule has 66 valence electrons. The van der Waals surface area contributed by atoms with E-state index in [0.29, 0.717) is 0 Å². The Kier molecular flexibility index (Phi) is 0.892. The number of nitrogens with one attached hydrogen (secondary N) is 2. The van der Waals surface area contributed by atoms with Crippen LogP contribution in [0.3, 0.4) is 0 Å². The van der Waals surface area contributed by atoms with Crippen LogP contribution in [0.2, 0.25) is 0 Å². The van der Waals surface area contributed by atoms with Gasteiger partial charge in [-0.25, -0.2) is 0 Å². The molecule has 0 spiro atoms. The predicted octanol–water partition coefficient (Wildman–Crippen LogP) is 3.38. The van der Waals surface area contributed by atoms with Crippen LogP contribution in [0.15, 0.2) is 36.4 Å². The van der Waals surface area contributed by atoms with Gasteiger partial charge in [0.15, 0.2) is 0 Å². The Morgan fingerprint density at radius 1 is 0.857 bits per heavy atom. The van der Waals surface area contributed by atoms with E-state index in [1.165, 1.54) is 33.2 Å². The molecule has 2 N–H and O–H groups in total. The Balaban J connectivity index is 2.36. The molecule has 0 aliphatic carbocycles. The van der Waals surface area contributed by atoms with Gasteiger partial charge in [-0.2, -0.15) is 0 Å². The molecular weight excluding hydrogens is 172 g/mol. The second-order valence-corrected chi connectivity index (χ2v) is 3.71. The molecule has 1 aromatic heterocycles. The molecule has 2 heterocycles. The van der Waals surface area contributed by atoms with Crippen LogP contribution in [-0.4, -0.2) is 4.98 Å². The first-order valence-electron chi connectivity index (χ1n) is 4.74. The molecule has 0 unspecified atom stereocenters. The first-order valence-corrected chi connectivity index (χ1v) is 4.74. The van der Waals surface area contributed by atoms with Crippen molar-refractivity contribution in [3.8, 4) is 0 Å². The van der Waals surface area contributed by atoms with Gasteiger partial charge in [0.2, 0.25) is 0 Å². The van der Waals surface area contributed by atoms with Crippen LogP contribution < -0.4 is 5.32 Å². The van der Waals surface area contributed by atoms with E-state index in [2.05, 4.69) is 46.7 Å². The predicted molar refractivity (Wildman–Crippen MR) is 59.1 cm³/mol. The minimum Gasteiger partial charge on any atom is -0.353 e. The molecular formula is C12H8N2. The number of benzene rings is 2. The number of anilines is 2. The van der Waals surface area contributed by atoms with Crippen molar-refractivity contribution in [2.24, 2.45) is 0 Å². The molecule has 1 aliphatic rings. The highest BCUT2D eigenvalue weighted by Crippen LogP contribution is 2.45. The van der Waals surface area contributed by atoms with Gasteiger partial charge in [-0.05, 0) is 18.2 Å². The molecule has 0 atom stereocenters. The monoisotopic (exact) mass is 180 g/mol. The molecule has 0 bridgehead atoms. The number of aromatic amines is 1. The smallest absolute Gasteiger partial charge is 0.0869 e. The lowest BCUT2D eigenvalue weighted by Crippen LogP contribution is -1.63. The summed E-state index contributed by atoms with van der Waals surface area (Å²) >= 11 is 0. The molecule has 4 rings (SSSR count). The van der Waals surface area contributed by atoms with Crippen LogP contribution in [0.25, 0.3) is 21.8 Å². The fourth-order valence-corrected chi connectivity index (χ4v) is 2.13. The molecule has 2 nitrogen and oxygen atoms in total. The van der Waals surface area contributed by atoms with Crippen molar-refractivity contribution in [1.29, 1.82) is 0 Å². The fraction of sp³-hybridized carbons (Fsp3) is 0. The molecule has 2 aromatic carbocycles. The Morgan fingerprint density at radius 2 is 1.79 bits per heavy atom. The Bertz CT molecular complexity index is 664. The quantitative estimate of drug-likeness (QED) is 0.400. The maximum Gasteiger partial charge on any atom is 0.0869 e. The third-order valence-corrected chi connectivity index (χ3v) is 2.88. The minimum atomic E-state index is 1.21. The molecule has 1 aliphatic heterocycles. The van der Waals surface area contributed by atoms with Gasteiger partial charge < -0.3 is 10.3 Å². The maximum atomic E-state index is 3.44. The van der Waals surface area contributed by atoms with Gasteiger partial charge in [0.1, 0.15) is 0 Å². The van der Waals surface area contributed by atoms with Gasteiger partial charge in [-0.15, -0.1) is 0 Å². The highest BCUT2D eigenvalue weighted by atomic mass is 15.1. The highest BCUT2D eigenvalue weighted by molar-refractivity contribution is 6.18. The third kappa shape index (κ3) is 0.632. The number of aromatic nitrogens is 1. The average molecular weight is 180 g/mol. The molecule has 2 heteroatoms. The second-order valence-electron chi connectivity index (χ2n) is 3.71. The number of hydrogen-bond donors (Lipinski definition) is 2. The summed E-state index contributed by atoms with van der Waals surface area (Å²) < 4.78 is 0. The summed E-state index contributed by atoms with van der Waals surface area (Å²) in [6.45, 7) is 0. The molecule has 3 aromatic rings. The number of rotatable bonds is 0. The zero-order valence-corrected chi connectivity index (χ0v) is 7.46. The summed E-state index contributed by atoms with van der Waals surface area (Å²) in [6.07, 6.45) is 0. The largest absolute Gasteiger partial charge is 0.353 e. The fourth-order valence-electron chi connectivity index (χ4n) is 2.13. The SMILES string of the molecule is c1ccc2c(c1)[nH]c1c3c(ccc12)N3. The Labute approximate surface area is 80.5 Å². The topological polar surface area (TPSA) is 37.7 Å². The molecule has 0 radical (unpaired) electrons. The van der Waals surface area contributed by atoms with E-state index in [1.807, 2.05) is 0 Å².